The second kappa shape index (κ2) is 5.42. The molecule has 0 saturated carbocycles. The Labute approximate surface area is 105 Å². The zero-order chi connectivity index (χ0) is 12.3. The van der Waals surface area contributed by atoms with E-state index in [-0.39, 0.29) is 5.91 Å². The number of anilines is 1. The van der Waals surface area contributed by atoms with E-state index < -0.39 is 0 Å². The van der Waals surface area contributed by atoms with E-state index in [1.165, 1.54) is 23.8 Å². The van der Waals surface area contributed by atoms with Crippen LogP contribution < -0.4 is 5.32 Å². The monoisotopic (exact) mass is 251 g/mol. The number of thiazole rings is 1. The third-order valence-corrected chi connectivity index (χ3v) is 3.55. The van der Waals surface area contributed by atoms with Crippen molar-refractivity contribution in [3.8, 4) is 0 Å². The molecular formula is C12H17N3OS. The second-order valence-electron chi connectivity index (χ2n) is 4.11. The van der Waals surface area contributed by atoms with Crippen LogP contribution in [0.15, 0.2) is 11.5 Å². The molecule has 2 rings (SSSR count). The van der Waals surface area contributed by atoms with Crippen molar-refractivity contribution in [1.82, 2.24) is 9.88 Å². The maximum Gasteiger partial charge on any atom is 0.223 e. The number of likely N-dealkylation sites (N-methyl/N-ethyl adjacent to an activating group) is 1. The van der Waals surface area contributed by atoms with E-state index in [1.807, 2.05) is 5.38 Å². The standard InChI is InChI=1S/C12H17N3OS/c1-3-15-6-4-5-10(7-15)11-8-17-12(14-11)13-9(2)16/h5,8H,3-4,6-7H2,1-2H3,(H,13,14,16). The first-order valence-corrected chi connectivity index (χ1v) is 6.72. The molecule has 0 fully saturated rings. The highest BCUT2D eigenvalue weighted by molar-refractivity contribution is 7.14. The van der Waals surface area contributed by atoms with Gasteiger partial charge in [-0.25, -0.2) is 4.98 Å². The zero-order valence-electron chi connectivity index (χ0n) is 10.2. The summed E-state index contributed by atoms with van der Waals surface area (Å²) < 4.78 is 0. The Hall–Kier alpha value is -1.20. The molecule has 0 atom stereocenters. The molecule has 1 N–H and O–H groups in total. The third kappa shape index (κ3) is 3.14. The Kier molecular flexibility index (Phi) is 3.91. The SMILES string of the molecule is CCN1CCC=C(c2csc(NC(C)=O)n2)C1. The van der Waals surface area contributed by atoms with E-state index in [2.05, 4.69) is 28.2 Å². The number of hydrogen-bond donors (Lipinski definition) is 1. The average molecular weight is 251 g/mol. The second-order valence-corrected chi connectivity index (χ2v) is 4.96. The summed E-state index contributed by atoms with van der Waals surface area (Å²) in [5.74, 6) is -0.0706. The predicted molar refractivity (Wildman–Crippen MR) is 71.1 cm³/mol. The van der Waals surface area contributed by atoms with Gasteiger partial charge in [-0.05, 0) is 18.5 Å². The molecule has 0 spiro atoms. The maximum absolute atomic E-state index is 10.9. The molecule has 1 aliphatic heterocycles. The summed E-state index contributed by atoms with van der Waals surface area (Å²) in [7, 11) is 0. The number of aromatic nitrogens is 1. The van der Waals surface area contributed by atoms with Crippen molar-refractivity contribution in [3.05, 3.63) is 17.2 Å². The van der Waals surface area contributed by atoms with E-state index in [9.17, 15) is 4.79 Å². The van der Waals surface area contributed by atoms with Gasteiger partial charge in [0.1, 0.15) is 0 Å². The van der Waals surface area contributed by atoms with Gasteiger partial charge in [0.25, 0.3) is 0 Å². The fraction of sp³-hybridized carbons (Fsp3) is 0.500. The summed E-state index contributed by atoms with van der Waals surface area (Å²) in [6.45, 7) is 6.83. The number of rotatable bonds is 3. The van der Waals surface area contributed by atoms with Crippen molar-refractivity contribution in [2.45, 2.75) is 20.3 Å². The topological polar surface area (TPSA) is 45.2 Å². The van der Waals surface area contributed by atoms with Crippen LogP contribution in [0.1, 0.15) is 26.0 Å². The number of nitrogens with zero attached hydrogens (tertiary/aromatic N) is 2. The molecule has 1 amide bonds. The van der Waals surface area contributed by atoms with Crippen LogP contribution in [0, 0.1) is 0 Å². The van der Waals surface area contributed by atoms with Crippen molar-refractivity contribution in [3.63, 3.8) is 0 Å². The minimum absolute atomic E-state index is 0.0706. The molecule has 0 saturated heterocycles. The summed E-state index contributed by atoms with van der Waals surface area (Å²) in [4.78, 5) is 17.8. The van der Waals surface area contributed by atoms with Crippen LogP contribution in [0.5, 0.6) is 0 Å². The van der Waals surface area contributed by atoms with Crippen LogP contribution in [0.3, 0.4) is 0 Å². The van der Waals surface area contributed by atoms with Crippen LogP contribution in [0.4, 0.5) is 5.13 Å². The van der Waals surface area contributed by atoms with Gasteiger partial charge in [0.05, 0.1) is 5.69 Å². The van der Waals surface area contributed by atoms with Crippen molar-refractivity contribution >= 4 is 27.9 Å². The van der Waals surface area contributed by atoms with Crippen LogP contribution in [0.2, 0.25) is 0 Å². The number of nitrogens with one attached hydrogen (secondary N) is 1. The highest BCUT2D eigenvalue weighted by Gasteiger charge is 2.14. The Morgan fingerprint density at radius 3 is 3.18 bits per heavy atom. The van der Waals surface area contributed by atoms with Gasteiger partial charge in [-0.1, -0.05) is 13.0 Å². The lowest BCUT2D eigenvalue weighted by Gasteiger charge is -2.24. The summed E-state index contributed by atoms with van der Waals surface area (Å²) in [5.41, 5.74) is 2.27. The molecule has 5 heteroatoms. The molecule has 2 heterocycles. The van der Waals surface area contributed by atoms with Crippen molar-refractivity contribution in [1.29, 1.82) is 0 Å². The van der Waals surface area contributed by atoms with E-state index in [4.69, 9.17) is 0 Å². The summed E-state index contributed by atoms with van der Waals surface area (Å²) in [6.07, 6.45) is 3.33. The lowest BCUT2D eigenvalue weighted by Crippen LogP contribution is -2.29. The minimum Gasteiger partial charge on any atom is -0.302 e. The fourth-order valence-corrected chi connectivity index (χ4v) is 2.67. The molecule has 92 valence electrons. The largest absolute Gasteiger partial charge is 0.302 e. The summed E-state index contributed by atoms with van der Waals surface area (Å²) in [5, 5.41) is 5.41. The molecule has 0 aromatic carbocycles. The molecule has 0 bridgehead atoms. The van der Waals surface area contributed by atoms with Gasteiger partial charge in [0, 0.05) is 25.4 Å². The molecular weight excluding hydrogens is 234 g/mol. The van der Waals surface area contributed by atoms with Gasteiger partial charge >= 0.3 is 0 Å². The number of carbonyl (C=O) groups excluding carboxylic acids is 1. The van der Waals surface area contributed by atoms with Crippen molar-refractivity contribution in [2.75, 3.05) is 25.0 Å². The van der Waals surface area contributed by atoms with Gasteiger partial charge in [-0.2, -0.15) is 0 Å². The lowest BCUT2D eigenvalue weighted by molar-refractivity contribution is -0.114. The number of amides is 1. The smallest absolute Gasteiger partial charge is 0.223 e. The van der Waals surface area contributed by atoms with Crippen LogP contribution >= 0.6 is 11.3 Å². The van der Waals surface area contributed by atoms with Gasteiger partial charge in [-0.15, -0.1) is 11.3 Å². The van der Waals surface area contributed by atoms with Crippen molar-refractivity contribution < 1.29 is 4.79 Å². The molecule has 1 aromatic rings. The van der Waals surface area contributed by atoms with Crippen molar-refractivity contribution in [2.24, 2.45) is 0 Å². The molecule has 0 unspecified atom stereocenters. The number of hydrogen-bond acceptors (Lipinski definition) is 4. The lowest BCUT2D eigenvalue weighted by atomic mass is 10.1. The first-order valence-electron chi connectivity index (χ1n) is 5.84. The van der Waals surface area contributed by atoms with Gasteiger partial charge in [-0.3, -0.25) is 9.69 Å². The highest BCUT2D eigenvalue weighted by Crippen LogP contribution is 2.24. The fourth-order valence-electron chi connectivity index (χ4n) is 1.89. The van der Waals surface area contributed by atoms with Crippen LogP contribution in [-0.2, 0) is 4.79 Å². The normalized spacial score (nSPS) is 16.7. The summed E-state index contributed by atoms with van der Waals surface area (Å²) in [6, 6.07) is 0. The third-order valence-electron chi connectivity index (χ3n) is 2.79. The highest BCUT2D eigenvalue weighted by atomic mass is 32.1. The Morgan fingerprint density at radius 2 is 2.47 bits per heavy atom. The molecule has 0 aliphatic carbocycles. The number of carbonyl (C=O) groups is 1. The summed E-state index contributed by atoms with van der Waals surface area (Å²) >= 11 is 1.48. The molecule has 1 aliphatic rings. The molecule has 0 radical (unpaired) electrons. The van der Waals surface area contributed by atoms with Crippen LogP contribution in [-0.4, -0.2) is 35.4 Å². The first-order chi connectivity index (χ1) is 8.19. The minimum atomic E-state index is -0.0706. The molecule has 4 nitrogen and oxygen atoms in total. The van der Waals surface area contributed by atoms with Gasteiger partial charge in [0.2, 0.25) is 5.91 Å². The molecule has 1 aromatic heterocycles. The molecule has 17 heavy (non-hydrogen) atoms. The van der Waals surface area contributed by atoms with Crippen LogP contribution in [0.25, 0.3) is 5.57 Å². The Morgan fingerprint density at radius 1 is 1.65 bits per heavy atom. The van der Waals surface area contributed by atoms with E-state index in [1.54, 1.807) is 0 Å². The van der Waals surface area contributed by atoms with Gasteiger partial charge in [0.15, 0.2) is 5.13 Å². The Bertz CT molecular complexity index is 439. The quantitative estimate of drug-likeness (QED) is 0.896. The van der Waals surface area contributed by atoms with E-state index in [0.717, 1.165) is 31.7 Å². The zero-order valence-corrected chi connectivity index (χ0v) is 11.0. The average Bonchev–Trinajstić information content (AvgIpc) is 2.77. The van der Waals surface area contributed by atoms with E-state index in [0.29, 0.717) is 5.13 Å². The maximum atomic E-state index is 10.9. The van der Waals surface area contributed by atoms with E-state index >= 15 is 0 Å². The van der Waals surface area contributed by atoms with Gasteiger partial charge < -0.3 is 5.32 Å². The predicted octanol–water partition coefficient (Wildman–Crippen LogP) is 2.21. The first kappa shape index (κ1) is 12.3. The Balaban J connectivity index is 2.09.